The predicted molar refractivity (Wildman–Crippen MR) is 73.5 cm³/mol. The first-order chi connectivity index (χ1) is 8.19. The fourth-order valence-electron chi connectivity index (χ4n) is 1.36. The van der Waals surface area contributed by atoms with Crippen LogP contribution in [0.3, 0.4) is 0 Å². The summed E-state index contributed by atoms with van der Waals surface area (Å²) < 4.78 is 7.23. The zero-order valence-corrected chi connectivity index (χ0v) is 12.5. The molecule has 0 aliphatic rings. The van der Waals surface area contributed by atoms with Gasteiger partial charge in [0.05, 0.1) is 12.7 Å². The monoisotopic (exact) mass is 334 g/mol. The number of hydrogen-bond acceptors (Lipinski definition) is 4. The van der Waals surface area contributed by atoms with Crippen molar-refractivity contribution in [3.63, 3.8) is 0 Å². The SMILES string of the molecule is CCc1cnc(CNCc2cc(Br)c(Cl)s2)o1. The van der Waals surface area contributed by atoms with Gasteiger partial charge in [0.15, 0.2) is 0 Å². The van der Waals surface area contributed by atoms with E-state index in [2.05, 4.69) is 26.2 Å². The first-order valence-electron chi connectivity index (χ1n) is 5.27. The molecule has 0 aromatic carbocycles. The van der Waals surface area contributed by atoms with Gasteiger partial charge in [0, 0.05) is 22.3 Å². The van der Waals surface area contributed by atoms with E-state index in [-0.39, 0.29) is 0 Å². The topological polar surface area (TPSA) is 38.1 Å². The van der Waals surface area contributed by atoms with Gasteiger partial charge >= 0.3 is 0 Å². The van der Waals surface area contributed by atoms with E-state index < -0.39 is 0 Å². The summed E-state index contributed by atoms with van der Waals surface area (Å²) in [4.78, 5) is 5.36. The summed E-state index contributed by atoms with van der Waals surface area (Å²) in [7, 11) is 0. The Balaban J connectivity index is 1.83. The molecule has 2 aromatic rings. The van der Waals surface area contributed by atoms with Gasteiger partial charge in [-0.3, -0.25) is 0 Å². The third kappa shape index (κ3) is 3.55. The summed E-state index contributed by atoms with van der Waals surface area (Å²) in [5.74, 6) is 1.65. The second-order valence-corrected chi connectivity index (χ2v) is 6.10. The van der Waals surface area contributed by atoms with Crippen LogP contribution in [0.2, 0.25) is 4.34 Å². The summed E-state index contributed by atoms with van der Waals surface area (Å²) in [5, 5.41) is 3.27. The molecule has 0 bridgehead atoms. The Bertz CT molecular complexity index is 478. The molecule has 2 rings (SSSR count). The standard InChI is InChI=1S/C11H12BrClN2OS/c1-2-7-4-15-10(16-7)6-14-5-8-3-9(12)11(13)17-8/h3-4,14H,2,5-6H2,1H3. The van der Waals surface area contributed by atoms with Gasteiger partial charge < -0.3 is 9.73 Å². The fraction of sp³-hybridized carbons (Fsp3) is 0.364. The van der Waals surface area contributed by atoms with Crippen molar-refractivity contribution in [1.29, 1.82) is 0 Å². The minimum absolute atomic E-state index is 0.632. The molecule has 2 aromatic heterocycles. The van der Waals surface area contributed by atoms with Crippen molar-refractivity contribution in [2.24, 2.45) is 0 Å². The van der Waals surface area contributed by atoms with Crippen LogP contribution in [0.25, 0.3) is 0 Å². The number of aromatic nitrogens is 1. The van der Waals surface area contributed by atoms with E-state index in [0.29, 0.717) is 6.54 Å². The fourth-order valence-corrected chi connectivity index (χ4v) is 3.12. The summed E-state index contributed by atoms with van der Waals surface area (Å²) in [6, 6.07) is 2.02. The van der Waals surface area contributed by atoms with Crippen LogP contribution in [-0.4, -0.2) is 4.98 Å². The molecule has 0 aliphatic carbocycles. The van der Waals surface area contributed by atoms with Gasteiger partial charge in [0.25, 0.3) is 0 Å². The second kappa shape index (κ2) is 6.00. The predicted octanol–water partition coefficient (Wildman–Crippen LogP) is 4.00. The first-order valence-corrected chi connectivity index (χ1v) is 7.25. The molecule has 0 spiro atoms. The number of nitrogens with zero attached hydrogens (tertiary/aromatic N) is 1. The Hall–Kier alpha value is -0.360. The number of oxazole rings is 1. The molecule has 0 aliphatic heterocycles. The highest BCUT2D eigenvalue weighted by Crippen LogP contribution is 2.31. The van der Waals surface area contributed by atoms with Gasteiger partial charge in [0.1, 0.15) is 10.1 Å². The van der Waals surface area contributed by atoms with Crippen molar-refractivity contribution in [2.45, 2.75) is 26.4 Å². The summed E-state index contributed by atoms with van der Waals surface area (Å²) in [5.41, 5.74) is 0. The molecule has 0 saturated carbocycles. The quantitative estimate of drug-likeness (QED) is 0.897. The van der Waals surface area contributed by atoms with Gasteiger partial charge in [-0.2, -0.15) is 0 Å². The van der Waals surface area contributed by atoms with Crippen molar-refractivity contribution in [1.82, 2.24) is 10.3 Å². The second-order valence-electron chi connectivity index (χ2n) is 3.51. The highest BCUT2D eigenvalue weighted by Gasteiger charge is 2.05. The number of hydrogen-bond donors (Lipinski definition) is 1. The number of rotatable bonds is 5. The zero-order valence-electron chi connectivity index (χ0n) is 9.30. The molecule has 0 unspecified atom stereocenters. The Morgan fingerprint density at radius 1 is 1.53 bits per heavy atom. The average molecular weight is 336 g/mol. The molecule has 0 saturated heterocycles. The molecule has 6 heteroatoms. The smallest absolute Gasteiger partial charge is 0.208 e. The maximum atomic E-state index is 5.96. The van der Waals surface area contributed by atoms with Gasteiger partial charge in [-0.15, -0.1) is 11.3 Å². The van der Waals surface area contributed by atoms with E-state index in [1.807, 2.05) is 13.0 Å². The number of aryl methyl sites for hydroxylation is 1. The molecular weight excluding hydrogens is 324 g/mol. The molecule has 17 heavy (non-hydrogen) atoms. The van der Waals surface area contributed by atoms with Gasteiger partial charge in [-0.05, 0) is 22.0 Å². The van der Waals surface area contributed by atoms with Crippen LogP contribution in [0.4, 0.5) is 0 Å². The van der Waals surface area contributed by atoms with Crippen LogP contribution in [0.15, 0.2) is 21.2 Å². The van der Waals surface area contributed by atoms with E-state index >= 15 is 0 Å². The lowest BCUT2D eigenvalue weighted by atomic mass is 10.4. The molecule has 92 valence electrons. The van der Waals surface area contributed by atoms with E-state index in [1.54, 1.807) is 17.5 Å². The molecule has 0 amide bonds. The number of halogens is 2. The Morgan fingerprint density at radius 3 is 2.94 bits per heavy atom. The van der Waals surface area contributed by atoms with Gasteiger partial charge in [0.2, 0.25) is 5.89 Å². The lowest BCUT2D eigenvalue weighted by Gasteiger charge is -1.98. The maximum Gasteiger partial charge on any atom is 0.208 e. The van der Waals surface area contributed by atoms with Crippen molar-refractivity contribution >= 4 is 38.9 Å². The normalized spacial score (nSPS) is 11.0. The third-order valence-electron chi connectivity index (χ3n) is 2.22. The molecule has 0 radical (unpaired) electrons. The van der Waals surface area contributed by atoms with Crippen molar-refractivity contribution in [2.75, 3.05) is 0 Å². The Labute approximate surface area is 117 Å². The first kappa shape index (κ1) is 13.1. The van der Waals surface area contributed by atoms with Crippen molar-refractivity contribution < 1.29 is 4.42 Å². The number of thiophene rings is 1. The van der Waals surface area contributed by atoms with E-state index in [4.69, 9.17) is 16.0 Å². The van der Waals surface area contributed by atoms with Crippen LogP contribution < -0.4 is 5.32 Å². The summed E-state index contributed by atoms with van der Waals surface area (Å²) in [6.07, 6.45) is 2.65. The largest absolute Gasteiger partial charge is 0.444 e. The summed E-state index contributed by atoms with van der Waals surface area (Å²) >= 11 is 10.9. The zero-order chi connectivity index (χ0) is 12.3. The highest BCUT2D eigenvalue weighted by atomic mass is 79.9. The molecule has 2 heterocycles. The van der Waals surface area contributed by atoms with E-state index in [9.17, 15) is 0 Å². The van der Waals surface area contributed by atoms with Crippen molar-refractivity contribution in [3.8, 4) is 0 Å². The molecule has 3 nitrogen and oxygen atoms in total. The highest BCUT2D eigenvalue weighted by molar-refractivity contribution is 9.10. The minimum Gasteiger partial charge on any atom is -0.444 e. The van der Waals surface area contributed by atoms with Crippen molar-refractivity contribution in [3.05, 3.63) is 37.6 Å². The van der Waals surface area contributed by atoms with Crippen LogP contribution in [0.1, 0.15) is 23.5 Å². The minimum atomic E-state index is 0.632. The summed E-state index contributed by atoms with van der Waals surface area (Å²) in [6.45, 7) is 3.44. The van der Waals surface area contributed by atoms with Crippen LogP contribution in [-0.2, 0) is 19.5 Å². The van der Waals surface area contributed by atoms with Gasteiger partial charge in [-0.25, -0.2) is 4.98 Å². The number of nitrogens with one attached hydrogen (secondary N) is 1. The van der Waals surface area contributed by atoms with Gasteiger partial charge in [-0.1, -0.05) is 18.5 Å². The lowest BCUT2D eigenvalue weighted by molar-refractivity contribution is 0.439. The van der Waals surface area contributed by atoms with Crippen LogP contribution >= 0.6 is 38.9 Å². The average Bonchev–Trinajstić information content (AvgIpc) is 2.87. The molecular formula is C11H12BrClN2OS. The Kier molecular flexibility index (Phi) is 4.62. The molecule has 1 N–H and O–H groups in total. The lowest BCUT2D eigenvalue weighted by Crippen LogP contribution is -2.11. The van der Waals surface area contributed by atoms with E-state index in [1.165, 1.54) is 4.88 Å². The third-order valence-corrected chi connectivity index (χ3v) is 4.70. The Morgan fingerprint density at radius 2 is 2.35 bits per heavy atom. The van der Waals surface area contributed by atoms with E-state index in [0.717, 1.165) is 33.4 Å². The molecule has 0 fully saturated rings. The maximum absolute atomic E-state index is 5.96. The van der Waals surface area contributed by atoms with Crippen LogP contribution in [0.5, 0.6) is 0 Å². The molecule has 0 atom stereocenters. The van der Waals surface area contributed by atoms with Crippen LogP contribution in [0, 0.1) is 0 Å².